The van der Waals surface area contributed by atoms with Crippen molar-refractivity contribution in [3.63, 3.8) is 0 Å². The van der Waals surface area contributed by atoms with Crippen molar-refractivity contribution < 1.29 is 27.6 Å². The topological polar surface area (TPSA) is 74.4 Å². The summed E-state index contributed by atoms with van der Waals surface area (Å²) in [7, 11) is 0. The predicted molar refractivity (Wildman–Crippen MR) is 77.3 cm³/mol. The first kappa shape index (κ1) is 17.5. The number of hydrogen-bond donors (Lipinski definition) is 0. The summed E-state index contributed by atoms with van der Waals surface area (Å²) in [5.41, 5.74) is -1.68. The zero-order valence-electron chi connectivity index (χ0n) is 12.5. The van der Waals surface area contributed by atoms with Gasteiger partial charge in [-0.3, -0.25) is 10.1 Å². The van der Waals surface area contributed by atoms with Crippen LogP contribution < -0.4 is 0 Å². The van der Waals surface area contributed by atoms with Crippen LogP contribution >= 0.6 is 0 Å². The Morgan fingerprint density at radius 2 is 2.00 bits per heavy atom. The maximum Gasteiger partial charge on any atom is 0.416 e. The molecule has 0 spiro atoms. The van der Waals surface area contributed by atoms with Crippen LogP contribution in [0.5, 0.6) is 0 Å². The lowest BCUT2D eigenvalue weighted by Gasteiger charge is -2.21. The van der Waals surface area contributed by atoms with Gasteiger partial charge in [-0.05, 0) is 18.6 Å². The first-order chi connectivity index (χ1) is 11.3. The van der Waals surface area contributed by atoms with Gasteiger partial charge in [-0.2, -0.15) is 13.2 Å². The van der Waals surface area contributed by atoms with Crippen LogP contribution in [0.15, 0.2) is 42.7 Å². The molecule has 9 heteroatoms. The molecule has 24 heavy (non-hydrogen) atoms. The molecule has 0 bridgehead atoms. The number of nitrogens with zero attached hydrogens (tertiary/aromatic N) is 2. The van der Waals surface area contributed by atoms with E-state index in [1.165, 1.54) is 25.3 Å². The van der Waals surface area contributed by atoms with Gasteiger partial charge in [-0.25, -0.2) is 4.79 Å². The van der Waals surface area contributed by atoms with E-state index in [1.807, 2.05) is 0 Å². The van der Waals surface area contributed by atoms with Crippen molar-refractivity contribution in [2.75, 3.05) is 6.61 Å². The number of ether oxygens (including phenoxy) is 1. The Labute approximate surface area is 134 Å². The van der Waals surface area contributed by atoms with Crippen LogP contribution in [0.4, 0.5) is 18.9 Å². The quantitative estimate of drug-likeness (QED) is 0.473. The number of halogens is 3. The highest BCUT2D eigenvalue weighted by Crippen LogP contribution is 2.36. The van der Waals surface area contributed by atoms with E-state index in [1.54, 1.807) is 0 Å². The standard InChI is InChI=1S/C15H13F3N2O4/c1-2-24-14(21)13(19-8-7-10(9-19)20(22)23)11-5-3-4-6-12(11)15(16,17)18/h3-9,13H,2H2,1H3. The Balaban J connectivity index is 2.59. The Hall–Kier alpha value is -2.84. The molecule has 2 rings (SSSR count). The van der Waals surface area contributed by atoms with Crippen LogP contribution in [0, 0.1) is 10.1 Å². The highest BCUT2D eigenvalue weighted by atomic mass is 19.4. The zero-order valence-corrected chi connectivity index (χ0v) is 12.5. The molecule has 0 aliphatic rings. The number of aromatic nitrogens is 1. The van der Waals surface area contributed by atoms with E-state index in [2.05, 4.69) is 0 Å². The van der Waals surface area contributed by atoms with Crippen LogP contribution in [0.3, 0.4) is 0 Å². The normalized spacial score (nSPS) is 12.7. The summed E-state index contributed by atoms with van der Waals surface area (Å²) in [5, 5.41) is 10.8. The average molecular weight is 342 g/mol. The van der Waals surface area contributed by atoms with Crippen molar-refractivity contribution in [1.29, 1.82) is 0 Å². The molecule has 0 saturated carbocycles. The third kappa shape index (κ3) is 3.55. The van der Waals surface area contributed by atoms with Gasteiger partial charge >= 0.3 is 12.1 Å². The fourth-order valence-electron chi connectivity index (χ4n) is 2.29. The zero-order chi connectivity index (χ0) is 17.9. The predicted octanol–water partition coefficient (Wildman–Crippen LogP) is 3.57. The molecule has 0 radical (unpaired) electrons. The third-order valence-corrected chi connectivity index (χ3v) is 3.28. The number of nitro groups is 1. The SMILES string of the molecule is CCOC(=O)C(c1ccccc1C(F)(F)F)n1ccc([N+](=O)[O-])c1. The summed E-state index contributed by atoms with van der Waals surface area (Å²) >= 11 is 0. The minimum Gasteiger partial charge on any atom is -0.464 e. The molecule has 2 aromatic rings. The summed E-state index contributed by atoms with van der Waals surface area (Å²) in [6, 6.07) is 4.18. The van der Waals surface area contributed by atoms with E-state index in [9.17, 15) is 28.1 Å². The Morgan fingerprint density at radius 3 is 2.54 bits per heavy atom. The molecule has 1 heterocycles. The molecule has 0 fully saturated rings. The Bertz CT molecular complexity index is 755. The van der Waals surface area contributed by atoms with Crippen LogP contribution in [-0.2, 0) is 15.7 Å². The van der Waals surface area contributed by atoms with Crippen molar-refractivity contribution in [3.05, 3.63) is 64.0 Å². The summed E-state index contributed by atoms with van der Waals surface area (Å²) in [4.78, 5) is 22.3. The number of rotatable bonds is 5. The van der Waals surface area contributed by atoms with Gasteiger partial charge in [0.2, 0.25) is 0 Å². The molecule has 6 nitrogen and oxygen atoms in total. The number of esters is 1. The lowest BCUT2D eigenvalue weighted by molar-refractivity contribution is -0.384. The molecular formula is C15H13F3N2O4. The lowest BCUT2D eigenvalue weighted by Crippen LogP contribution is -2.25. The number of benzene rings is 1. The van der Waals surface area contributed by atoms with Crippen molar-refractivity contribution in [2.45, 2.75) is 19.1 Å². The second-order valence-corrected chi connectivity index (χ2v) is 4.81. The van der Waals surface area contributed by atoms with E-state index in [0.717, 1.165) is 29.0 Å². The van der Waals surface area contributed by atoms with Crippen molar-refractivity contribution in [2.24, 2.45) is 0 Å². The molecule has 0 amide bonds. The van der Waals surface area contributed by atoms with E-state index in [-0.39, 0.29) is 17.9 Å². The van der Waals surface area contributed by atoms with Crippen LogP contribution in [0.25, 0.3) is 0 Å². The highest BCUT2D eigenvalue weighted by Gasteiger charge is 2.38. The molecule has 0 aliphatic carbocycles. The van der Waals surface area contributed by atoms with Crippen molar-refractivity contribution >= 4 is 11.7 Å². The van der Waals surface area contributed by atoms with E-state index < -0.39 is 28.7 Å². The summed E-state index contributed by atoms with van der Waals surface area (Å²) in [5.74, 6) is -0.931. The Kier molecular flexibility index (Phi) is 4.91. The molecule has 0 aliphatic heterocycles. The maximum absolute atomic E-state index is 13.2. The van der Waals surface area contributed by atoms with Gasteiger partial charge in [0.1, 0.15) is 0 Å². The number of hydrogen-bond acceptors (Lipinski definition) is 4. The minimum atomic E-state index is -4.68. The molecular weight excluding hydrogens is 329 g/mol. The average Bonchev–Trinajstić information content (AvgIpc) is 2.97. The van der Waals surface area contributed by atoms with Gasteiger partial charge in [0.15, 0.2) is 6.04 Å². The third-order valence-electron chi connectivity index (χ3n) is 3.28. The smallest absolute Gasteiger partial charge is 0.416 e. The molecule has 0 saturated heterocycles. The first-order valence-corrected chi connectivity index (χ1v) is 6.90. The maximum atomic E-state index is 13.2. The molecule has 1 aromatic carbocycles. The van der Waals surface area contributed by atoms with Gasteiger partial charge in [-0.1, -0.05) is 18.2 Å². The fourth-order valence-corrected chi connectivity index (χ4v) is 2.29. The van der Waals surface area contributed by atoms with Gasteiger partial charge in [0.05, 0.1) is 23.3 Å². The summed E-state index contributed by atoms with van der Waals surface area (Å²) < 4.78 is 45.6. The van der Waals surface area contributed by atoms with Gasteiger partial charge < -0.3 is 9.30 Å². The van der Waals surface area contributed by atoms with Crippen molar-refractivity contribution in [1.82, 2.24) is 4.57 Å². The largest absolute Gasteiger partial charge is 0.464 e. The summed E-state index contributed by atoms with van der Waals surface area (Å²) in [6.45, 7) is 1.48. The first-order valence-electron chi connectivity index (χ1n) is 6.90. The van der Waals surface area contributed by atoms with E-state index in [0.29, 0.717) is 0 Å². The molecule has 128 valence electrons. The van der Waals surface area contributed by atoms with E-state index in [4.69, 9.17) is 4.74 Å². The van der Waals surface area contributed by atoms with Gasteiger partial charge in [-0.15, -0.1) is 0 Å². The number of alkyl halides is 3. The highest BCUT2D eigenvalue weighted by molar-refractivity contribution is 5.79. The fraction of sp³-hybridized carbons (Fsp3) is 0.267. The Morgan fingerprint density at radius 1 is 1.33 bits per heavy atom. The molecule has 1 unspecified atom stereocenters. The van der Waals surface area contributed by atoms with Gasteiger partial charge in [0, 0.05) is 12.3 Å². The van der Waals surface area contributed by atoms with Crippen LogP contribution in [0.2, 0.25) is 0 Å². The number of carbonyl (C=O) groups excluding carboxylic acids is 1. The second kappa shape index (κ2) is 6.73. The monoisotopic (exact) mass is 342 g/mol. The van der Waals surface area contributed by atoms with E-state index >= 15 is 0 Å². The minimum absolute atomic E-state index is 0.0348. The number of carbonyl (C=O) groups is 1. The molecule has 1 aromatic heterocycles. The van der Waals surface area contributed by atoms with Crippen molar-refractivity contribution in [3.8, 4) is 0 Å². The van der Waals surface area contributed by atoms with Gasteiger partial charge in [0.25, 0.3) is 5.69 Å². The second-order valence-electron chi connectivity index (χ2n) is 4.81. The summed E-state index contributed by atoms with van der Waals surface area (Å²) in [6.07, 6.45) is -2.51. The molecule has 1 atom stereocenters. The lowest BCUT2D eigenvalue weighted by atomic mass is 9.99. The van der Waals surface area contributed by atoms with Crippen LogP contribution in [-0.4, -0.2) is 22.1 Å². The van der Waals surface area contributed by atoms with Crippen LogP contribution in [0.1, 0.15) is 24.1 Å². The molecule has 0 N–H and O–H groups in total.